The third-order valence-electron chi connectivity index (χ3n) is 9.96. The van der Waals surface area contributed by atoms with Gasteiger partial charge in [0.1, 0.15) is 45.4 Å². The lowest BCUT2D eigenvalue weighted by Crippen LogP contribution is -2.49. The first-order valence-electron chi connectivity index (χ1n) is 15.5. The predicted octanol–water partition coefficient (Wildman–Crippen LogP) is 9.58. The summed E-state index contributed by atoms with van der Waals surface area (Å²) < 4.78 is 132. The number of methoxy groups -OCH3 is 4. The molecular formula is C38H28F6O6. The summed E-state index contributed by atoms with van der Waals surface area (Å²) in [7, 11) is 5.74. The van der Waals surface area contributed by atoms with Crippen LogP contribution in [0, 0.1) is 0 Å². The van der Waals surface area contributed by atoms with Crippen LogP contribution < -0.4 is 14.2 Å². The summed E-state index contributed by atoms with van der Waals surface area (Å²) in [6, 6.07) is 14.8. The van der Waals surface area contributed by atoms with E-state index in [0.717, 1.165) is 0 Å². The highest BCUT2D eigenvalue weighted by molar-refractivity contribution is 6.14. The number of alkyl halides is 6. The van der Waals surface area contributed by atoms with E-state index in [-0.39, 0.29) is 51.1 Å². The van der Waals surface area contributed by atoms with E-state index in [1.165, 1.54) is 64.8 Å². The van der Waals surface area contributed by atoms with Crippen molar-refractivity contribution in [2.24, 2.45) is 0 Å². The molecule has 0 saturated heterocycles. The normalized spacial score (nSPS) is 21.0. The van der Waals surface area contributed by atoms with Gasteiger partial charge in [0.2, 0.25) is 0 Å². The number of ether oxygens (including phenoxy) is 4. The fourth-order valence-corrected chi connectivity index (χ4v) is 7.51. The Morgan fingerprint density at radius 2 is 1.12 bits per heavy atom. The Morgan fingerprint density at radius 3 is 1.54 bits per heavy atom. The molecule has 0 aliphatic heterocycles. The lowest BCUT2D eigenvalue weighted by atomic mass is 9.66. The van der Waals surface area contributed by atoms with E-state index in [2.05, 4.69) is 0 Å². The Hall–Kier alpha value is -5.10. The number of hydrogen-bond donors (Lipinski definition) is 0. The summed E-state index contributed by atoms with van der Waals surface area (Å²) >= 11 is 0. The van der Waals surface area contributed by atoms with Gasteiger partial charge in [-0.25, -0.2) is 0 Å². The third kappa shape index (κ3) is 3.90. The standard InChI is InChI=1S/C38H28F6O6/c1-45-21-9-5-19(6-10-21)35(20-7-11-22(46-2)12-8-20)33-29(25-15-13-23(47-3)17-27(25)49-33)31-32(37(41,42)38(43,44)36(31,39)40)30-26-16-14-24(48-4)18-28(26)50-34(30)35/h5-11,13-18,22H,12H2,1-4H3. The van der Waals surface area contributed by atoms with Gasteiger partial charge in [-0.15, -0.1) is 0 Å². The minimum absolute atomic E-state index is 0.0511. The lowest BCUT2D eigenvalue weighted by Gasteiger charge is -2.36. The van der Waals surface area contributed by atoms with Crippen molar-refractivity contribution < 1.29 is 54.1 Å². The van der Waals surface area contributed by atoms with Crippen molar-refractivity contribution >= 4 is 33.1 Å². The number of rotatable bonds is 6. The van der Waals surface area contributed by atoms with E-state index in [1.54, 1.807) is 42.5 Å². The summed E-state index contributed by atoms with van der Waals surface area (Å²) in [6.45, 7) is 0. The highest BCUT2D eigenvalue weighted by Gasteiger charge is 2.82. The van der Waals surface area contributed by atoms with Crippen LogP contribution >= 0.6 is 0 Å². The first-order chi connectivity index (χ1) is 23.9. The van der Waals surface area contributed by atoms with E-state index in [0.29, 0.717) is 23.3 Å². The number of hydrogen-bond acceptors (Lipinski definition) is 6. The molecule has 6 nitrogen and oxygen atoms in total. The summed E-state index contributed by atoms with van der Waals surface area (Å²) in [6.07, 6.45) is 5.12. The van der Waals surface area contributed by atoms with E-state index in [1.807, 2.05) is 0 Å². The van der Waals surface area contributed by atoms with Crippen LogP contribution in [-0.2, 0) is 10.2 Å². The molecule has 0 radical (unpaired) electrons. The molecule has 0 saturated carbocycles. The van der Waals surface area contributed by atoms with E-state index >= 15 is 26.3 Å². The monoisotopic (exact) mass is 694 g/mol. The van der Waals surface area contributed by atoms with Crippen molar-refractivity contribution in [3.63, 3.8) is 0 Å². The van der Waals surface area contributed by atoms with Crippen LogP contribution in [0.1, 0.15) is 34.6 Å². The van der Waals surface area contributed by atoms with Gasteiger partial charge in [0.25, 0.3) is 0 Å². The van der Waals surface area contributed by atoms with Gasteiger partial charge in [0, 0.05) is 52.3 Å². The molecule has 0 fully saturated rings. The molecule has 3 aromatic carbocycles. The lowest BCUT2D eigenvalue weighted by molar-refractivity contribution is -0.254. The molecule has 3 aliphatic carbocycles. The molecule has 3 aliphatic rings. The second-order valence-electron chi connectivity index (χ2n) is 12.3. The molecule has 0 amide bonds. The second kappa shape index (κ2) is 10.7. The Morgan fingerprint density at radius 1 is 0.640 bits per heavy atom. The molecule has 1 unspecified atom stereocenters. The van der Waals surface area contributed by atoms with Crippen LogP contribution in [0.3, 0.4) is 0 Å². The molecule has 8 rings (SSSR count). The van der Waals surface area contributed by atoms with Gasteiger partial charge >= 0.3 is 17.8 Å². The van der Waals surface area contributed by atoms with E-state index < -0.39 is 45.5 Å². The maximum Gasteiger partial charge on any atom is 0.380 e. The van der Waals surface area contributed by atoms with Gasteiger partial charge in [-0.05, 0) is 54.0 Å². The first-order valence-corrected chi connectivity index (χ1v) is 15.5. The average Bonchev–Trinajstić information content (AvgIpc) is 3.68. The van der Waals surface area contributed by atoms with Crippen LogP contribution in [0.15, 0.2) is 93.3 Å². The Labute approximate surface area is 281 Å². The van der Waals surface area contributed by atoms with Crippen LogP contribution in [0.5, 0.6) is 17.2 Å². The maximum atomic E-state index is 16.5. The topological polar surface area (TPSA) is 63.2 Å². The number of fused-ring (bicyclic) bond motifs is 8. The molecule has 0 bridgehead atoms. The zero-order chi connectivity index (χ0) is 35.4. The second-order valence-corrected chi connectivity index (χ2v) is 12.3. The molecular weight excluding hydrogens is 666 g/mol. The zero-order valence-electron chi connectivity index (χ0n) is 27.0. The molecule has 2 aromatic heterocycles. The molecule has 2 heterocycles. The van der Waals surface area contributed by atoms with Gasteiger partial charge in [0.15, 0.2) is 0 Å². The summed E-state index contributed by atoms with van der Waals surface area (Å²) in [5.41, 5.74) is -5.56. The van der Waals surface area contributed by atoms with Crippen molar-refractivity contribution in [3.8, 4) is 17.2 Å². The van der Waals surface area contributed by atoms with Gasteiger partial charge < -0.3 is 27.8 Å². The number of benzene rings is 3. The number of furan rings is 2. The maximum absolute atomic E-state index is 16.5. The Kier molecular flexibility index (Phi) is 6.87. The predicted molar refractivity (Wildman–Crippen MR) is 173 cm³/mol. The fourth-order valence-electron chi connectivity index (χ4n) is 7.51. The summed E-state index contributed by atoms with van der Waals surface area (Å²) in [5.74, 6) is -16.2. The summed E-state index contributed by atoms with van der Waals surface area (Å²) in [4.78, 5) is 0. The fraction of sp³-hybridized carbons (Fsp3) is 0.263. The van der Waals surface area contributed by atoms with Gasteiger partial charge in [-0.3, -0.25) is 0 Å². The third-order valence-corrected chi connectivity index (χ3v) is 9.96. The van der Waals surface area contributed by atoms with Gasteiger partial charge in [-0.1, -0.05) is 30.4 Å². The van der Waals surface area contributed by atoms with E-state index in [4.69, 9.17) is 27.8 Å². The van der Waals surface area contributed by atoms with Crippen LogP contribution in [0.25, 0.3) is 33.1 Å². The quantitative estimate of drug-likeness (QED) is 0.165. The zero-order valence-corrected chi connectivity index (χ0v) is 27.0. The first kappa shape index (κ1) is 32.1. The molecule has 5 aromatic rings. The van der Waals surface area contributed by atoms with E-state index in [9.17, 15) is 0 Å². The smallest absolute Gasteiger partial charge is 0.380 e. The van der Waals surface area contributed by atoms with Crippen molar-refractivity contribution in [2.45, 2.75) is 35.7 Å². The minimum Gasteiger partial charge on any atom is -0.497 e. The average molecular weight is 695 g/mol. The SMILES string of the molecule is COc1ccc(C2(C3=CCC(OC)C=C3)c3oc4cc(OC)ccc4c3C3=C(c4c2oc2cc(OC)ccc42)C(F)(F)C(F)(F)C3(F)F)cc1. The molecule has 12 heteroatoms. The Bertz CT molecular complexity index is 2180. The van der Waals surface area contributed by atoms with Crippen molar-refractivity contribution in [2.75, 3.05) is 28.4 Å². The molecule has 0 spiro atoms. The van der Waals surface area contributed by atoms with Crippen LogP contribution in [-0.4, -0.2) is 52.3 Å². The van der Waals surface area contributed by atoms with Crippen LogP contribution in [0.4, 0.5) is 26.3 Å². The highest BCUT2D eigenvalue weighted by atomic mass is 19.3. The largest absolute Gasteiger partial charge is 0.497 e. The summed E-state index contributed by atoms with van der Waals surface area (Å²) in [5, 5.41) is -0.184. The molecule has 50 heavy (non-hydrogen) atoms. The highest BCUT2D eigenvalue weighted by Crippen LogP contribution is 2.70. The van der Waals surface area contributed by atoms with Crippen molar-refractivity contribution in [1.29, 1.82) is 0 Å². The van der Waals surface area contributed by atoms with Crippen molar-refractivity contribution in [3.05, 3.63) is 113 Å². The van der Waals surface area contributed by atoms with Gasteiger partial charge in [-0.2, -0.15) is 26.3 Å². The van der Waals surface area contributed by atoms with Gasteiger partial charge in [0.05, 0.1) is 27.4 Å². The van der Waals surface area contributed by atoms with Crippen LogP contribution in [0.2, 0.25) is 0 Å². The minimum atomic E-state index is -5.82. The number of halogens is 6. The molecule has 0 N–H and O–H groups in total. The number of allylic oxidation sites excluding steroid dienone is 4. The van der Waals surface area contributed by atoms with Crippen molar-refractivity contribution in [1.82, 2.24) is 0 Å². The molecule has 258 valence electrons. The molecule has 1 atom stereocenters. The Balaban J connectivity index is 1.65.